The highest BCUT2D eigenvalue weighted by atomic mass is 16.5. The van der Waals surface area contributed by atoms with E-state index in [-0.39, 0.29) is 46.9 Å². The third-order valence-electron chi connectivity index (χ3n) is 18.8. The molecule has 0 aromatic rings. The molecule has 10 aliphatic carbocycles. The predicted octanol–water partition coefficient (Wildman–Crippen LogP) is 19.6. The largest absolute Gasteiger partial charge is 0.465 e. The second kappa shape index (κ2) is 36.5. The minimum atomic E-state index is -0.152. The van der Waals surface area contributed by atoms with Crippen molar-refractivity contribution in [3.63, 3.8) is 0 Å². The Balaban J connectivity index is 0.000000202. The van der Waals surface area contributed by atoms with Gasteiger partial charge < -0.3 is 24.4 Å². The summed E-state index contributed by atoms with van der Waals surface area (Å²) >= 11 is 0. The smallest absolute Gasteiger partial charge is 0.338 e. The first-order chi connectivity index (χ1) is 42.5. The van der Waals surface area contributed by atoms with E-state index in [0.29, 0.717) is 37.9 Å². The fourth-order valence-electron chi connectivity index (χ4n) is 14.2. The number of hydrogen-bond donors (Lipinski definition) is 1. The van der Waals surface area contributed by atoms with E-state index in [1.807, 2.05) is 27.7 Å². The van der Waals surface area contributed by atoms with Gasteiger partial charge >= 0.3 is 11.9 Å². The number of hydrogen-bond acceptors (Lipinski definition) is 10. The van der Waals surface area contributed by atoms with Gasteiger partial charge in [-0.3, -0.25) is 14.4 Å². The SMILES string of the molecule is C=C(C)CC1C(=C)NC2=C(C1=O)C1=C(CCCC1)C2.C=C(C)CC1C(=O)C2=C(C=C1CCC(C)=O)CC1=C2CCCC1.C=C(CC)CC1=C(C(=O)OC)C2=C(CCCC2)C1.CCC.CCC(C)=O.COC(=O)C1=C(C)CC2=C1CCCC2.O=C1CCCCC1. The second-order valence-electron chi connectivity index (χ2n) is 26.6. The van der Waals surface area contributed by atoms with Crippen LogP contribution >= 0.6 is 0 Å². The molecule has 0 bridgehead atoms. The maximum absolute atomic E-state index is 13.2. The molecule has 0 aromatic heterocycles. The van der Waals surface area contributed by atoms with Crippen LogP contribution < -0.4 is 5.32 Å². The third-order valence-corrected chi connectivity index (χ3v) is 18.8. The molecule has 1 fully saturated rings. The van der Waals surface area contributed by atoms with Gasteiger partial charge in [-0.2, -0.15) is 0 Å². The number of nitrogens with one attached hydrogen (secondary N) is 1. The summed E-state index contributed by atoms with van der Waals surface area (Å²) in [6.07, 6.45) is 36.5. The van der Waals surface area contributed by atoms with Crippen LogP contribution in [-0.2, 0) is 43.0 Å². The molecular formula is C79H111NO9. The summed E-state index contributed by atoms with van der Waals surface area (Å²) in [5.74, 6) is 0.955. The van der Waals surface area contributed by atoms with Crippen LogP contribution in [0.3, 0.4) is 0 Å². The molecule has 0 amide bonds. The number of methoxy groups -OCH3 is 2. The maximum atomic E-state index is 13.2. The van der Waals surface area contributed by atoms with Gasteiger partial charge in [0.2, 0.25) is 0 Å². The molecular weight excluding hydrogens is 1110 g/mol. The van der Waals surface area contributed by atoms with Crippen LogP contribution in [0.5, 0.6) is 0 Å². The van der Waals surface area contributed by atoms with E-state index in [1.165, 1.54) is 152 Å². The highest BCUT2D eigenvalue weighted by molar-refractivity contribution is 6.07. The molecule has 1 heterocycles. The van der Waals surface area contributed by atoms with E-state index in [4.69, 9.17) is 9.47 Å². The van der Waals surface area contributed by atoms with E-state index >= 15 is 0 Å². The molecule has 0 spiro atoms. The van der Waals surface area contributed by atoms with Crippen molar-refractivity contribution in [2.45, 2.75) is 274 Å². The van der Waals surface area contributed by atoms with Crippen molar-refractivity contribution in [3.8, 4) is 0 Å². The lowest BCUT2D eigenvalue weighted by molar-refractivity contribution is -0.136. The van der Waals surface area contributed by atoms with Gasteiger partial charge in [0.25, 0.3) is 0 Å². The summed E-state index contributed by atoms with van der Waals surface area (Å²) in [5, 5.41) is 3.40. The van der Waals surface area contributed by atoms with Gasteiger partial charge in [-0.15, -0.1) is 13.2 Å². The lowest BCUT2D eigenvalue weighted by Gasteiger charge is -2.28. The highest BCUT2D eigenvalue weighted by Crippen LogP contribution is 2.49. The van der Waals surface area contributed by atoms with Crippen molar-refractivity contribution in [2.75, 3.05) is 14.2 Å². The summed E-state index contributed by atoms with van der Waals surface area (Å²) in [5.41, 5.74) is 25.0. The number of ketones is 5. The van der Waals surface area contributed by atoms with Gasteiger partial charge in [-0.25, -0.2) is 9.59 Å². The van der Waals surface area contributed by atoms with Gasteiger partial charge in [-0.05, 0) is 235 Å². The van der Waals surface area contributed by atoms with E-state index in [1.54, 1.807) is 13.8 Å². The van der Waals surface area contributed by atoms with Crippen molar-refractivity contribution < 1.29 is 43.0 Å². The van der Waals surface area contributed by atoms with Crippen molar-refractivity contribution in [3.05, 3.63) is 150 Å². The Morgan fingerprint density at radius 1 is 0.539 bits per heavy atom. The van der Waals surface area contributed by atoms with Crippen LogP contribution in [0, 0.1) is 11.8 Å². The highest BCUT2D eigenvalue weighted by Gasteiger charge is 2.40. The second-order valence-corrected chi connectivity index (χ2v) is 26.6. The number of Topliss-reactive ketones (excluding diaryl/α,β-unsaturated/α-hetero) is 5. The molecule has 10 heteroatoms. The molecule has 1 aliphatic heterocycles. The minimum absolute atomic E-state index is 0.0978. The van der Waals surface area contributed by atoms with Crippen molar-refractivity contribution in [2.24, 2.45) is 11.8 Å². The fraction of sp³-hybridized carbons (Fsp3) is 0.582. The number of ether oxygens (including phenoxy) is 2. The first-order valence-electron chi connectivity index (χ1n) is 34.1. The zero-order chi connectivity index (χ0) is 65.5. The maximum Gasteiger partial charge on any atom is 0.338 e. The van der Waals surface area contributed by atoms with Crippen LogP contribution in [0.2, 0.25) is 0 Å². The lowest BCUT2D eigenvalue weighted by Crippen LogP contribution is -2.33. The summed E-state index contributed by atoms with van der Waals surface area (Å²) in [6, 6.07) is 0. The number of fused-ring (bicyclic) bond motifs is 2. The molecule has 89 heavy (non-hydrogen) atoms. The average Bonchev–Trinajstić information content (AvgIpc) is 1.69. The zero-order valence-corrected chi connectivity index (χ0v) is 57.1. The van der Waals surface area contributed by atoms with Crippen LogP contribution in [0.15, 0.2) is 150 Å². The quantitative estimate of drug-likeness (QED) is 0.139. The van der Waals surface area contributed by atoms with Gasteiger partial charge in [0.05, 0.1) is 31.3 Å². The molecule has 0 aromatic carbocycles. The number of carbonyl (C=O) groups is 7. The molecule has 486 valence electrons. The number of esters is 2. The summed E-state index contributed by atoms with van der Waals surface area (Å²) in [4.78, 5) is 81.2. The van der Waals surface area contributed by atoms with Crippen LogP contribution in [0.25, 0.3) is 0 Å². The Kier molecular flexibility index (Phi) is 30.1. The molecule has 11 aliphatic rings. The third kappa shape index (κ3) is 20.6. The Bertz CT molecular complexity index is 3060. The topological polar surface area (TPSA) is 150 Å². The van der Waals surface area contributed by atoms with E-state index < -0.39 is 0 Å². The predicted molar refractivity (Wildman–Crippen MR) is 363 cm³/mol. The fourth-order valence-corrected chi connectivity index (χ4v) is 14.2. The summed E-state index contributed by atoms with van der Waals surface area (Å²) < 4.78 is 9.79. The van der Waals surface area contributed by atoms with Crippen molar-refractivity contribution in [1.29, 1.82) is 0 Å². The molecule has 0 saturated heterocycles. The molecule has 2 atom stereocenters. The molecule has 2 unspecified atom stereocenters. The molecule has 0 radical (unpaired) electrons. The number of rotatable bonds is 13. The van der Waals surface area contributed by atoms with Crippen LogP contribution in [-0.4, -0.2) is 55.1 Å². The number of carbonyl (C=O) groups excluding carboxylic acids is 7. The van der Waals surface area contributed by atoms with E-state index in [0.717, 1.165) is 160 Å². The lowest BCUT2D eigenvalue weighted by atomic mass is 9.76. The zero-order valence-electron chi connectivity index (χ0n) is 57.1. The van der Waals surface area contributed by atoms with Crippen LogP contribution in [0.4, 0.5) is 0 Å². The standard InChI is InChI=1S/C21H26O2.C17H21NO.C16H22O2.C12H16O2.C6H10O.C4H8O.C3H8/c1-13(2)10-19-16(9-8-14(3)22)12-17-11-15-6-4-5-7-18(15)20(17)21(19)23;1-10(2)8-14-11(3)18-15-9-12-6-4-5-7-13(12)16(15)17(14)19;1-4-11(2)9-13-10-12-7-5-6-8-14(12)15(13)16(17)18-3;1-8-7-9-5-3-4-6-10(9)11(8)12(13)14-2;7-6-4-2-1-3-5-6;1-3-4(2)5;1-3-2/h12,19H,1,4-11H2,2-3H3;14,18H,1,3-9H2,2H3;2,4-10H2,1,3H3;3-7H2,1-2H3;1-5H2;3H2,1-2H3;3H2,1-2H3. The normalized spacial score (nSPS) is 21.3. The Morgan fingerprint density at radius 2 is 0.978 bits per heavy atom. The van der Waals surface area contributed by atoms with Crippen molar-refractivity contribution in [1.82, 2.24) is 5.32 Å². The molecule has 10 nitrogen and oxygen atoms in total. The molecule has 1 N–H and O–H groups in total. The van der Waals surface area contributed by atoms with Crippen molar-refractivity contribution >= 4 is 40.9 Å². The number of allylic oxidation sites excluding steroid dienone is 17. The van der Waals surface area contributed by atoms with Gasteiger partial charge in [-0.1, -0.05) is 110 Å². The summed E-state index contributed by atoms with van der Waals surface area (Å²) in [7, 11) is 2.94. The molecule has 1 saturated carbocycles. The first kappa shape index (κ1) is 73.4. The Hall–Kier alpha value is -6.29. The minimum Gasteiger partial charge on any atom is -0.465 e. The van der Waals surface area contributed by atoms with Gasteiger partial charge in [0, 0.05) is 60.6 Å². The Morgan fingerprint density at radius 3 is 1.46 bits per heavy atom. The summed E-state index contributed by atoms with van der Waals surface area (Å²) in [6.45, 7) is 33.5. The van der Waals surface area contributed by atoms with Crippen LogP contribution in [0.1, 0.15) is 274 Å². The van der Waals surface area contributed by atoms with Gasteiger partial charge in [0.1, 0.15) is 17.3 Å². The Labute approximate surface area is 536 Å². The monoisotopic (exact) mass is 1220 g/mol. The first-order valence-corrected chi connectivity index (χ1v) is 34.1. The molecule has 11 rings (SSSR count). The van der Waals surface area contributed by atoms with E-state index in [2.05, 4.69) is 58.5 Å². The van der Waals surface area contributed by atoms with Gasteiger partial charge in [0.15, 0.2) is 11.6 Å². The average molecular weight is 1220 g/mol. The van der Waals surface area contributed by atoms with E-state index in [9.17, 15) is 33.6 Å².